The van der Waals surface area contributed by atoms with Crippen molar-refractivity contribution < 1.29 is 4.74 Å². The molecule has 2 saturated heterocycles. The zero-order valence-corrected chi connectivity index (χ0v) is 11.7. The molecule has 2 atom stereocenters. The highest BCUT2D eigenvalue weighted by Gasteiger charge is 2.33. The predicted molar refractivity (Wildman–Crippen MR) is 71.2 cm³/mol. The SMILES string of the molecule is CC(C)COC1CCN(CC2(C)CCNC2)C1. The van der Waals surface area contributed by atoms with Crippen LogP contribution in [0.1, 0.15) is 33.6 Å². The molecule has 17 heavy (non-hydrogen) atoms. The highest BCUT2D eigenvalue weighted by Crippen LogP contribution is 2.27. The third-order valence-electron chi connectivity index (χ3n) is 3.96. The van der Waals surface area contributed by atoms with Gasteiger partial charge in [-0.1, -0.05) is 20.8 Å². The highest BCUT2D eigenvalue weighted by atomic mass is 16.5. The number of ether oxygens (including phenoxy) is 1. The molecular formula is C14H28N2O. The summed E-state index contributed by atoms with van der Waals surface area (Å²) in [6.07, 6.45) is 3.02. The van der Waals surface area contributed by atoms with Crippen molar-refractivity contribution in [3.05, 3.63) is 0 Å². The van der Waals surface area contributed by atoms with Crippen molar-refractivity contribution in [2.75, 3.05) is 39.3 Å². The Morgan fingerprint density at radius 2 is 2.29 bits per heavy atom. The lowest BCUT2D eigenvalue weighted by atomic mass is 9.89. The zero-order chi connectivity index (χ0) is 12.3. The molecule has 1 N–H and O–H groups in total. The molecule has 0 saturated carbocycles. The Kier molecular flexibility index (Phi) is 4.45. The molecule has 0 spiro atoms. The van der Waals surface area contributed by atoms with Crippen LogP contribution in [-0.2, 0) is 4.74 Å². The van der Waals surface area contributed by atoms with Crippen LogP contribution in [0.15, 0.2) is 0 Å². The van der Waals surface area contributed by atoms with Gasteiger partial charge in [-0.3, -0.25) is 0 Å². The summed E-state index contributed by atoms with van der Waals surface area (Å²) in [4.78, 5) is 2.60. The molecule has 0 aliphatic carbocycles. The number of hydrogen-bond acceptors (Lipinski definition) is 3. The van der Waals surface area contributed by atoms with Crippen molar-refractivity contribution in [3.8, 4) is 0 Å². The van der Waals surface area contributed by atoms with Crippen LogP contribution < -0.4 is 5.32 Å². The first-order chi connectivity index (χ1) is 8.07. The van der Waals surface area contributed by atoms with E-state index < -0.39 is 0 Å². The molecule has 2 fully saturated rings. The minimum Gasteiger partial charge on any atom is -0.377 e. The van der Waals surface area contributed by atoms with E-state index in [9.17, 15) is 0 Å². The fourth-order valence-electron chi connectivity index (χ4n) is 2.95. The summed E-state index contributed by atoms with van der Waals surface area (Å²) in [7, 11) is 0. The Morgan fingerprint density at radius 3 is 2.94 bits per heavy atom. The maximum atomic E-state index is 5.93. The number of rotatable bonds is 5. The van der Waals surface area contributed by atoms with E-state index in [0.29, 0.717) is 17.4 Å². The average Bonchev–Trinajstić information content (AvgIpc) is 2.85. The number of nitrogens with one attached hydrogen (secondary N) is 1. The second-order valence-electron chi connectivity index (χ2n) is 6.61. The molecule has 3 nitrogen and oxygen atoms in total. The summed E-state index contributed by atoms with van der Waals surface area (Å²) in [5.41, 5.74) is 0.493. The van der Waals surface area contributed by atoms with Gasteiger partial charge in [-0.15, -0.1) is 0 Å². The van der Waals surface area contributed by atoms with Gasteiger partial charge in [0, 0.05) is 32.8 Å². The Balaban J connectivity index is 1.70. The minimum atomic E-state index is 0.482. The summed E-state index contributed by atoms with van der Waals surface area (Å²) in [6, 6.07) is 0. The lowest BCUT2D eigenvalue weighted by Crippen LogP contribution is -2.36. The molecule has 0 aromatic rings. The molecule has 2 aliphatic heterocycles. The van der Waals surface area contributed by atoms with Gasteiger partial charge >= 0.3 is 0 Å². The molecule has 2 aliphatic rings. The molecule has 2 rings (SSSR count). The summed E-state index contributed by atoms with van der Waals surface area (Å²) >= 11 is 0. The van der Waals surface area contributed by atoms with E-state index in [0.717, 1.165) is 13.2 Å². The summed E-state index contributed by atoms with van der Waals surface area (Å²) in [5, 5.41) is 3.48. The van der Waals surface area contributed by atoms with Gasteiger partial charge in [0.15, 0.2) is 0 Å². The number of nitrogens with zero attached hydrogens (tertiary/aromatic N) is 1. The van der Waals surface area contributed by atoms with E-state index in [-0.39, 0.29) is 0 Å². The minimum absolute atomic E-state index is 0.482. The van der Waals surface area contributed by atoms with Crippen molar-refractivity contribution in [2.24, 2.45) is 11.3 Å². The predicted octanol–water partition coefficient (Wildman–Crippen LogP) is 1.73. The van der Waals surface area contributed by atoms with Gasteiger partial charge in [0.05, 0.1) is 6.10 Å². The molecule has 0 amide bonds. The van der Waals surface area contributed by atoms with E-state index in [1.54, 1.807) is 0 Å². The van der Waals surface area contributed by atoms with E-state index in [1.807, 2.05) is 0 Å². The van der Waals surface area contributed by atoms with Crippen molar-refractivity contribution in [1.82, 2.24) is 10.2 Å². The van der Waals surface area contributed by atoms with Crippen LogP contribution in [0.25, 0.3) is 0 Å². The van der Waals surface area contributed by atoms with Crippen molar-refractivity contribution in [2.45, 2.75) is 39.7 Å². The fourth-order valence-corrected chi connectivity index (χ4v) is 2.95. The Morgan fingerprint density at radius 1 is 1.47 bits per heavy atom. The maximum absolute atomic E-state index is 5.93. The molecule has 0 aromatic heterocycles. The molecule has 2 heterocycles. The second kappa shape index (κ2) is 5.68. The normalized spacial score (nSPS) is 34.9. The van der Waals surface area contributed by atoms with Gasteiger partial charge in [-0.05, 0) is 30.7 Å². The molecule has 100 valence electrons. The molecule has 2 unspecified atom stereocenters. The van der Waals surface area contributed by atoms with Crippen molar-refractivity contribution in [1.29, 1.82) is 0 Å². The van der Waals surface area contributed by atoms with Gasteiger partial charge in [-0.25, -0.2) is 0 Å². The maximum Gasteiger partial charge on any atom is 0.0714 e. The Hall–Kier alpha value is -0.120. The first-order valence-electron chi connectivity index (χ1n) is 7.12. The first kappa shape index (κ1) is 13.3. The molecule has 0 bridgehead atoms. The zero-order valence-electron chi connectivity index (χ0n) is 11.7. The number of likely N-dealkylation sites (tertiary alicyclic amines) is 1. The molecule has 0 aromatic carbocycles. The third kappa shape index (κ3) is 3.94. The molecular weight excluding hydrogens is 212 g/mol. The van der Waals surface area contributed by atoms with Crippen LogP contribution in [0.3, 0.4) is 0 Å². The molecule has 3 heteroatoms. The third-order valence-corrected chi connectivity index (χ3v) is 3.96. The molecule has 0 radical (unpaired) electrons. The summed E-state index contributed by atoms with van der Waals surface area (Å²) < 4.78 is 5.93. The van der Waals surface area contributed by atoms with E-state index in [1.165, 1.54) is 39.0 Å². The lowest BCUT2D eigenvalue weighted by Gasteiger charge is -2.29. The van der Waals surface area contributed by atoms with Crippen LogP contribution >= 0.6 is 0 Å². The van der Waals surface area contributed by atoms with Crippen LogP contribution in [0, 0.1) is 11.3 Å². The van der Waals surface area contributed by atoms with Crippen LogP contribution in [0.5, 0.6) is 0 Å². The van der Waals surface area contributed by atoms with Crippen LogP contribution in [0.2, 0.25) is 0 Å². The van der Waals surface area contributed by atoms with Gasteiger partial charge in [-0.2, -0.15) is 0 Å². The second-order valence-corrected chi connectivity index (χ2v) is 6.61. The van der Waals surface area contributed by atoms with Gasteiger partial charge in [0.1, 0.15) is 0 Å². The standard InChI is InChI=1S/C14H28N2O/c1-12(2)9-17-13-4-7-16(8-13)11-14(3)5-6-15-10-14/h12-13,15H,4-11H2,1-3H3. The van der Waals surface area contributed by atoms with E-state index in [2.05, 4.69) is 31.0 Å². The van der Waals surface area contributed by atoms with Gasteiger partial charge < -0.3 is 15.0 Å². The summed E-state index contributed by atoms with van der Waals surface area (Å²) in [6.45, 7) is 13.7. The highest BCUT2D eigenvalue weighted by molar-refractivity contribution is 4.89. The summed E-state index contributed by atoms with van der Waals surface area (Å²) in [5.74, 6) is 0.653. The average molecular weight is 240 g/mol. The Bertz CT molecular complexity index is 236. The fraction of sp³-hybridized carbons (Fsp3) is 1.00. The van der Waals surface area contributed by atoms with Gasteiger partial charge in [0.25, 0.3) is 0 Å². The Labute approximate surface area is 106 Å². The van der Waals surface area contributed by atoms with E-state index in [4.69, 9.17) is 4.74 Å². The first-order valence-corrected chi connectivity index (χ1v) is 7.12. The van der Waals surface area contributed by atoms with Crippen LogP contribution in [0.4, 0.5) is 0 Å². The smallest absolute Gasteiger partial charge is 0.0714 e. The topological polar surface area (TPSA) is 24.5 Å². The van der Waals surface area contributed by atoms with Crippen molar-refractivity contribution >= 4 is 0 Å². The van der Waals surface area contributed by atoms with Crippen molar-refractivity contribution in [3.63, 3.8) is 0 Å². The lowest BCUT2D eigenvalue weighted by molar-refractivity contribution is 0.0392. The quantitative estimate of drug-likeness (QED) is 0.792. The van der Waals surface area contributed by atoms with Crippen LogP contribution in [-0.4, -0.2) is 50.3 Å². The largest absolute Gasteiger partial charge is 0.377 e. The van der Waals surface area contributed by atoms with E-state index >= 15 is 0 Å². The monoisotopic (exact) mass is 240 g/mol. The van der Waals surface area contributed by atoms with Gasteiger partial charge in [0.2, 0.25) is 0 Å². The number of hydrogen-bond donors (Lipinski definition) is 1.